The van der Waals surface area contributed by atoms with Crippen LogP contribution in [0.15, 0.2) is 36.5 Å². The lowest BCUT2D eigenvalue weighted by molar-refractivity contribution is 0.883. The van der Waals surface area contributed by atoms with Gasteiger partial charge in [-0.15, -0.1) is 0 Å². The van der Waals surface area contributed by atoms with Gasteiger partial charge in [0.25, 0.3) is 0 Å². The molecular formula is C15H19N3. The van der Waals surface area contributed by atoms with Crippen LogP contribution in [0.25, 0.3) is 0 Å². The van der Waals surface area contributed by atoms with E-state index in [0.29, 0.717) is 0 Å². The summed E-state index contributed by atoms with van der Waals surface area (Å²) in [5.41, 5.74) is 11.3. The highest BCUT2D eigenvalue weighted by Gasteiger charge is 2.08. The minimum absolute atomic E-state index is 0.719. The van der Waals surface area contributed by atoms with Gasteiger partial charge in [-0.25, -0.2) is 0 Å². The first kappa shape index (κ1) is 12.4. The van der Waals surface area contributed by atoms with E-state index in [2.05, 4.69) is 49.0 Å². The summed E-state index contributed by atoms with van der Waals surface area (Å²) in [5, 5.41) is 0. The second-order valence-electron chi connectivity index (χ2n) is 4.69. The van der Waals surface area contributed by atoms with Crippen molar-refractivity contribution in [3.63, 3.8) is 0 Å². The molecule has 1 aromatic heterocycles. The summed E-state index contributed by atoms with van der Waals surface area (Å²) in [5.74, 6) is 0. The van der Waals surface area contributed by atoms with Crippen molar-refractivity contribution in [2.45, 2.75) is 20.4 Å². The second-order valence-corrected chi connectivity index (χ2v) is 4.69. The Balaban J connectivity index is 2.22. The maximum Gasteiger partial charge on any atom is 0.0825 e. The van der Waals surface area contributed by atoms with E-state index in [4.69, 9.17) is 5.73 Å². The summed E-state index contributed by atoms with van der Waals surface area (Å²) in [4.78, 5) is 6.50. The Morgan fingerprint density at radius 1 is 1.22 bits per heavy atom. The largest absolute Gasteiger partial charge is 0.397 e. The molecule has 0 spiro atoms. The van der Waals surface area contributed by atoms with Crippen molar-refractivity contribution in [3.05, 3.63) is 53.3 Å². The summed E-state index contributed by atoms with van der Waals surface area (Å²) in [7, 11) is 2.06. The fourth-order valence-corrected chi connectivity index (χ4v) is 2.13. The number of hydrogen-bond donors (Lipinski definition) is 1. The number of rotatable bonds is 3. The zero-order valence-electron chi connectivity index (χ0n) is 11.1. The van der Waals surface area contributed by atoms with Gasteiger partial charge < -0.3 is 10.6 Å². The minimum atomic E-state index is 0.719. The number of nitrogens with two attached hydrogens (primary N) is 1. The Labute approximate surface area is 108 Å². The Morgan fingerprint density at radius 2 is 2.00 bits per heavy atom. The normalized spacial score (nSPS) is 10.4. The number of hydrogen-bond acceptors (Lipinski definition) is 3. The van der Waals surface area contributed by atoms with Crippen LogP contribution in [-0.4, -0.2) is 12.0 Å². The molecule has 0 bridgehead atoms. The number of nitrogen functional groups attached to an aromatic ring is 1. The third kappa shape index (κ3) is 2.62. The molecule has 1 aromatic carbocycles. The van der Waals surface area contributed by atoms with Crippen LogP contribution in [0, 0.1) is 13.8 Å². The molecule has 2 N–H and O–H groups in total. The van der Waals surface area contributed by atoms with Gasteiger partial charge in [0, 0.05) is 18.9 Å². The molecule has 0 fully saturated rings. The summed E-state index contributed by atoms with van der Waals surface area (Å²) < 4.78 is 0. The van der Waals surface area contributed by atoms with Crippen LogP contribution in [0.1, 0.15) is 16.8 Å². The molecular weight excluding hydrogens is 222 g/mol. The lowest BCUT2D eigenvalue weighted by Gasteiger charge is -2.22. The van der Waals surface area contributed by atoms with Crippen molar-refractivity contribution < 1.29 is 0 Å². The lowest BCUT2D eigenvalue weighted by atomic mass is 10.1. The number of anilines is 2. The molecule has 2 aromatic rings. The van der Waals surface area contributed by atoms with E-state index in [1.165, 1.54) is 16.8 Å². The van der Waals surface area contributed by atoms with Crippen molar-refractivity contribution in [1.29, 1.82) is 0 Å². The molecule has 3 nitrogen and oxygen atoms in total. The lowest BCUT2D eigenvalue weighted by Crippen LogP contribution is -2.19. The number of benzene rings is 1. The van der Waals surface area contributed by atoms with Crippen LogP contribution in [0.4, 0.5) is 11.4 Å². The minimum Gasteiger partial charge on any atom is -0.397 e. The standard InChI is InChI=1S/C15H19N3/c1-11-6-7-15(12(2)9-11)18(3)10-14-13(16)5-4-8-17-14/h4-9H,10,16H2,1-3H3. The van der Waals surface area contributed by atoms with E-state index in [0.717, 1.165) is 17.9 Å². The van der Waals surface area contributed by atoms with Gasteiger partial charge in [-0.1, -0.05) is 17.7 Å². The molecule has 18 heavy (non-hydrogen) atoms. The summed E-state index contributed by atoms with van der Waals surface area (Å²) in [6.07, 6.45) is 1.78. The molecule has 0 saturated heterocycles. The first-order valence-corrected chi connectivity index (χ1v) is 6.05. The first-order chi connectivity index (χ1) is 8.58. The van der Waals surface area contributed by atoms with Gasteiger partial charge in [0.2, 0.25) is 0 Å². The SMILES string of the molecule is Cc1ccc(N(C)Cc2ncccc2N)c(C)c1. The van der Waals surface area contributed by atoms with E-state index in [1.54, 1.807) is 6.20 Å². The van der Waals surface area contributed by atoms with E-state index in [-0.39, 0.29) is 0 Å². The summed E-state index contributed by atoms with van der Waals surface area (Å²) in [6, 6.07) is 10.2. The third-order valence-electron chi connectivity index (χ3n) is 3.08. The Hall–Kier alpha value is -2.03. The topological polar surface area (TPSA) is 42.2 Å². The first-order valence-electron chi connectivity index (χ1n) is 6.05. The molecule has 0 unspecified atom stereocenters. The van der Waals surface area contributed by atoms with Gasteiger partial charge in [-0.3, -0.25) is 4.98 Å². The maximum absolute atomic E-state index is 5.92. The molecule has 0 aliphatic rings. The van der Waals surface area contributed by atoms with E-state index in [9.17, 15) is 0 Å². The fourth-order valence-electron chi connectivity index (χ4n) is 2.13. The Kier molecular flexibility index (Phi) is 3.51. The fraction of sp³-hybridized carbons (Fsp3) is 0.267. The average Bonchev–Trinajstić information content (AvgIpc) is 2.32. The Morgan fingerprint density at radius 3 is 2.67 bits per heavy atom. The van der Waals surface area contributed by atoms with Crippen LogP contribution in [0.3, 0.4) is 0 Å². The van der Waals surface area contributed by atoms with Crippen LogP contribution in [0.2, 0.25) is 0 Å². The molecule has 0 amide bonds. The average molecular weight is 241 g/mol. The number of pyridine rings is 1. The van der Waals surface area contributed by atoms with Crippen molar-refractivity contribution in [1.82, 2.24) is 4.98 Å². The molecule has 1 heterocycles. The highest BCUT2D eigenvalue weighted by Crippen LogP contribution is 2.22. The molecule has 2 rings (SSSR count). The summed E-state index contributed by atoms with van der Waals surface area (Å²) in [6.45, 7) is 4.95. The molecule has 94 valence electrons. The quantitative estimate of drug-likeness (QED) is 0.898. The van der Waals surface area contributed by atoms with Gasteiger partial charge in [-0.2, -0.15) is 0 Å². The van der Waals surface area contributed by atoms with E-state index in [1.807, 2.05) is 12.1 Å². The predicted molar refractivity (Wildman–Crippen MR) is 76.7 cm³/mol. The number of nitrogens with zero attached hydrogens (tertiary/aromatic N) is 2. The van der Waals surface area contributed by atoms with Gasteiger partial charge in [0.1, 0.15) is 0 Å². The number of aromatic nitrogens is 1. The highest BCUT2D eigenvalue weighted by molar-refractivity contribution is 5.55. The second kappa shape index (κ2) is 5.08. The van der Waals surface area contributed by atoms with Crippen LogP contribution >= 0.6 is 0 Å². The molecule has 0 aliphatic heterocycles. The van der Waals surface area contributed by atoms with Crippen LogP contribution in [-0.2, 0) is 6.54 Å². The van der Waals surface area contributed by atoms with E-state index >= 15 is 0 Å². The predicted octanol–water partition coefficient (Wildman–Crippen LogP) is 2.92. The number of aryl methyl sites for hydroxylation is 2. The molecule has 0 aliphatic carbocycles. The van der Waals surface area contributed by atoms with Crippen molar-refractivity contribution in [3.8, 4) is 0 Å². The summed E-state index contributed by atoms with van der Waals surface area (Å²) >= 11 is 0. The smallest absolute Gasteiger partial charge is 0.0825 e. The maximum atomic E-state index is 5.92. The van der Waals surface area contributed by atoms with E-state index < -0.39 is 0 Å². The van der Waals surface area contributed by atoms with Gasteiger partial charge in [-0.05, 0) is 37.6 Å². The Bertz CT molecular complexity index is 549. The van der Waals surface area contributed by atoms with Gasteiger partial charge in [0.05, 0.1) is 17.9 Å². The van der Waals surface area contributed by atoms with Crippen LogP contribution < -0.4 is 10.6 Å². The molecule has 0 radical (unpaired) electrons. The zero-order valence-corrected chi connectivity index (χ0v) is 11.1. The zero-order chi connectivity index (χ0) is 13.1. The van der Waals surface area contributed by atoms with Gasteiger partial charge >= 0.3 is 0 Å². The van der Waals surface area contributed by atoms with Gasteiger partial charge in [0.15, 0.2) is 0 Å². The third-order valence-corrected chi connectivity index (χ3v) is 3.08. The highest BCUT2D eigenvalue weighted by atomic mass is 15.1. The molecule has 3 heteroatoms. The molecule has 0 atom stereocenters. The van der Waals surface area contributed by atoms with Crippen molar-refractivity contribution in [2.24, 2.45) is 0 Å². The monoisotopic (exact) mass is 241 g/mol. The van der Waals surface area contributed by atoms with Crippen LogP contribution in [0.5, 0.6) is 0 Å². The molecule has 0 saturated carbocycles. The van der Waals surface area contributed by atoms with Crippen molar-refractivity contribution >= 4 is 11.4 Å². The van der Waals surface area contributed by atoms with Crippen molar-refractivity contribution in [2.75, 3.05) is 17.7 Å².